The fourth-order valence-electron chi connectivity index (χ4n) is 2.75. The van der Waals surface area contributed by atoms with E-state index in [0.717, 1.165) is 12.1 Å². The molecule has 0 spiro atoms. The summed E-state index contributed by atoms with van der Waals surface area (Å²) in [5.41, 5.74) is -0.216. The number of para-hydroxylation sites is 1. The topological polar surface area (TPSA) is 89.4 Å². The minimum absolute atomic E-state index is 0.0889. The van der Waals surface area contributed by atoms with Crippen molar-refractivity contribution in [3.8, 4) is 11.4 Å². The van der Waals surface area contributed by atoms with Crippen molar-refractivity contribution >= 4 is 10.9 Å². The highest BCUT2D eigenvalue weighted by molar-refractivity contribution is 5.77. The Morgan fingerprint density at radius 1 is 1.07 bits per heavy atom. The summed E-state index contributed by atoms with van der Waals surface area (Å²) in [6.45, 7) is 0.257. The molecule has 28 heavy (non-hydrogen) atoms. The highest BCUT2D eigenvalue weighted by Crippen LogP contribution is 2.31. The first-order chi connectivity index (χ1) is 13.4. The normalized spacial score (nSPS) is 11.8. The molecule has 4 rings (SSSR count). The Morgan fingerprint density at radius 2 is 1.89 bits per heavy atom. The van der Waals surface area contributed by atoms with Crippen LogP contribution in [0.3, 0.4) is 0 Å². The van der Waals surface area contributed by atoms with Gasteiger partial charge >= 0.3 is 6.18 Å². The number of aryl methyl sites for hydroxylation is 2. The van der Waals surface area contributed by atoms with E-state index in [2.05, 4.69) is 25.4 Å². The Kier molecular flexibility index (Phi) is 4.38. The van der Waals surface area contributed by atoms with E-state index in [-0.39, 0.29) is 23.5 Å². The number of nitrogens with one attached hydrogen (secondary N) is 1. The molecule has 7 nitrogen and oxygen atoms in total. The molecule has 2 heterocycles. The molecule has 0 aliphatic heterocycles. The lowest BCUT2D eigenvalue weighted by atomic mass is 10.1. The molecule has 0 radical (unpaired) electrons. The fraction of sp³-hybridized carbons (Fsp3) is 0.167. The maximum Gasteiger partial charge on any atom is 0.416 e. The lowest BCUT2D eigenvalue weighted by Gasteiger charge is -2.06. The molecule has 10 heteroatoms. The molecule has 4 aromatic rings. The second-order valence-electron chi connectivity index (χ2n) is 6.07. The summed E-state index contributed by atoms with van der Waals surface area (Å²) in [5, 5.41) is 12.3. The standard InChI is InChI=1S/C18H13F3N6O/c19-18(20,21)12-5-3-4-11(10-12)16-24-26-27(25-16)9-8-15-22-14-7-2-1-6-13(14)17(28)23-15/h1-7,10H,8-9H2,(H,22,23,28). The van der Waals surface area contributed by atoms with E-state index in [1.807, 2.05) is 0 Å². The summed E-state index contributed by atoms with van der Waals surface area (Å²) in [4.78, 5) is 20.4. The molecule has 0 saturated heterocycles. The minimum atomic E-state index is -4.44. The number of alkyl halides is 3. The average molecular weight is 386 g/mol. The van der Waals surface area contributed by atoms with Crippen molar-refractivity contribution in [3.05, 3.63) is 70.3 Å². The van der Waals surface area contributed by atoms with Gasteiger partial charge in [0.1, 0.15) is 5.82 Å². The summed E-state index contributed by atoms with van der Waals surface area (Å²) >= 11 is 0. The van der Waals surface area contributed by atoms with Gasteiger partial charge in [-0.05, 0) is 29.5 Å². The van der Waals surface area contributed by atoms with Crippen molar-refractivity contribution in [1.29, 1.82) is 0 Å². The third kappa shape index (κ3) is 3.61. The third-order valence-corrected chi connectivity index (χ3v) is 4.11. The number of fused-ring (bicyclic) bond motifs is 1. The Balaban J connectivity index is 1.52. The number of rotatable bonds is 4. The van der Waals surface area contributed by atoms with Gasteiger partial charge < -0.3 is 4.98 Å². The zero-order chi connectivity index (χ0) is 19.7. The molecule has 0 amide bonds. The largest absolute Gasteiger partial charge is 0.416 e. The Bertz CT molecular complexity index is 1200. The van der Waals surface area contributed by atoms with Gasteiger partial charge in [0.05, 0.1) is 23.0 Å². The number of nitrogens with zero attached hydrogens (tertiary/aromatic N) is 5. The average Bonchev–Trinajstić information content (AvgIpc) is 3.15. The predicted octanol–water partition coefficient (Wildman–Crippen LogP) is 2.84. The molecule has 0 bridgehead atoms. The molecule has 2 aromatic carbocycles. The summed E-state index contributed by atoms with van der Waals surface area (Å²) in [6.07, 6.45) is -4.11. The monoisotopic (exact) mass is 386 g/mol. The van der Waals surface area contributed by atoms with E-state index in [4.69, 9.17) is 0 Å². The van der Waals surface area contributed by atoms with Gasteiger partial charge in [-0.15, -0.1) is 10.2 Å². The van der Waals surface area contributed by atoms with E-state index < -0.39 is 11.7 Å². The lowest BCUT2D eigenvalue weighted by molar-refractivity contribution is -0.137. The Morgan fingerprint density at radius 3 is 2.71 bits per heavy atom. The maximum absolute atomic E-state index is 12.8. The first kappa shape index (κ1) is 17.8. The highest BCUT2D eigenvalue weighted by Gasteiger charge is 2.30. The molecule has 0 fully saturated rings. The van der Waals surface area contributed by atoms with Gasteiger partial charge in [-0.3, -0.25) is 4.79 Å². The van der Waals surface area contributed by atoms with Crippen molar-refractivity contribution in [2.45, 2.75) is 19.1 Å². The van der Waals surface area contributed by atoms with Gasteiger partial charge in [0, 0.05) is 12.0 Å². The smallest absolute Gasteiger partial charge is 0.310 e. The van der Waals surface area contributed by atoms with Gasteiger partial charge in [0.2, 0.25) is 5.82 Å². The number of tetrazole rings is 1. The summed E-state index contributed by atoms with van der Waals surface area (Å²) < 4.78 is 38.5. The van der Waals surface area contributed by atoms with Gasteiger partial charge in [0.25, 0.3) is 5.56 Å². The molecule has 0 saturated carbocycles. The van der Waals surface area contributed by atoms with Crippen LogP contribution in [0.2, 0.25) is 0 Å². The molecular formula is C18H13F3N6O. The van der Waals surface area contributed by atoms with Crippen LogP contribution in [0, 0.1) is 0 Å². The van der Waals surface area contributed by atoms with E-state index in [0.29, 0.717) is 23.1 Å². The van der Waals surface area contributed by atoms with Crippen LogP contribution in [-0.4, -0.2) is 30.2 Å². The Labute approximate surface area is 155 Å². The van der Waals surface area contributed by atoms with Gasteiger partial charge in [-0.1, -0.05) is 24.3 Å². The second-order valence-corrected chi connectivity index (χ2v) is 6.07. The number of aromatic amines is 1. The second kappa shape index (κ2) is 6.87. The van der Waals surface area contributed by atoms with E-state index in [1.165, 1.54) is 16.9 Å². The zero-order valence-corrected chi connectivity index (χ0v) is 14.3. The zero-order valence-electron chi connectivity index (χ0n) is 14.3. The summed E-state index contributed by atoms with van der Waals surface area (Å²) in [6, 6.07) is 11.7. The summed E-state index contributed by atoms with van der Waals surface area (Å²) in [7, 11) is 0. The van der Waals surface area contributed by atoms with Crippen LogP contribution in [0.5, 0.6) is 0 Å². The van der Waals surface area contributed by atoms with Crippen LogP contribution in [-0.2, 0) is 19.1 Å². The van der Waals surface area contributed by atoms with E-state index in [1.54, 1.807) is 24.3 Å². The molecule has 1 N–H and O–H groups in total. The molecular weight excluding hydrogens is 373 g/mol. The van der Waals surface area contributed by atoms with Crippen LogP contribution in [0.4, 0.5) is 13.2 Å². The number of hydrogen-bond acceptors (Lipinski definition) is 5. The maximum atomic E-state index is 12.8. The number of aromatic nitrogens is 6. The highest BCUT2D eigenvalue weighted by atomic mass is 19.4. The van der Waals surface area contributed by atoms with Gasteiger partial charge in [0.15, 0.2) is 0 Å². The van der Waals surface area contributed by atoms with Crippen molar-refractivity contribution < 1.29 is 13.2 Å². The van der Waals surface area contributed by atoms with Crippen LogP contribution in [0.25, 0.3) is 22.3 Å². The third-order valence-electron chi connectivity index (χ3n) is 4.11. The summed E-state index contributed by atoms with van der Waals surface area (Å²) in [5.74, 6) is 0.549. The van der Waals surface area contributed by atoms with Crippen LogP contribution in [0.15, 0.2) is 53.3 Å². The molecule has 0 aliphatic rings. The lowest BCUT2D eigenvalue weighted by Crippen LogP contribution is -2.14. The first-order valence-corrected chi connectivity index (χ1v) is 8.33. The van der Waals surface area contributed by atoms with Crippen LogP contribution >= 0.6 is 0 Å². The predicted molar refractivity (Wildman–Crippen MR) is 94.3 cm³/mol. The minimum Gasteiger partial charge on any atom is -0.310 e. The van der Waals surface area contributed by atoms with Crippen molar-refractivity contribution in [2.75, 3.05) is 0 Å². The van der Waals surface area contributed by atoms with Crippen molar-refractivity contribution in [3.63, 3.8) is 0 Å². The Hall–Kier alpha value is -3.56. The molecule has 0 atom stereocenters. The van der Waals surface area contributed by atoms with Gasteiger partial charge in [-0.25, -0.2) is 4.98 Å². The number of hydrogen-bond donors (Lipinski definition) is 1. The van der Waals surface area contributed by atoms with Crippen LogP contribution < -0.4 is 5.56 Å². The SMILES string of the molecule is O=c1[nH]c(CCn2nnc(-c3cccc(C(F)(F)F)c3)n2)nc2ccccc12. The molecule has 0 unspecified atom stereocenters. The van der Waals surface area contributed by atoms with Crippen molar-refractivity contribution in [2.24, 2.45) is 0 Å². The van der Waals surface area contributed by atoms with E-state index >= 15 is 0 Å². The quantitative estimate of drug-likeness (QED) is 0.583. The molecule has 0 aliphatic carbocycles. The van der Waals surface area contributed by atoms with Crippen LogP contribution in [0.1, 0.15) is 11.4 Å². The van der Waals surface area contributed by atoms with Crippen molar-refractivity contribution in [1.82, 2.24) is 30.2 Å². The molecule has 142 valence electrons. The van der Waals surface area contributed by atoms with E-state index in [9.17, 15) is 18.0 Å². The first-order valence-electron chi connectivity index (χ1n) is 8.33. The van der Waals surface area contributed by atoms with Gasteiger partial charge in [-0.2, -0.15) is 18.0 Å². The number of H-pyrrole nitrogens is 1. The number of halogens is 3. The molecule has 2 aromatic heterocycles. The fourth-order valence-corrected chi connectivity index (χ4v) is 2.75. The number of benzene rings is 2.